The van der Waals surface area contributed by atoms with Gasteiger partial charge in [-0.05, 0) is 56.2 Å². The lowest BCUT2D eigenvalue weighted by molar-refractivity contribution is 0.144. The SMILES string of the molecule is CCC1CCCN1C1CCCc2ccccc2C1N. The van der Waals surface area contributed by atoms with Gasteiger partial charge >= 0.3 is 0 Å². The maximum Gasteiger partial charge on any atom is 0.0455 e. The number of nitrogens with two attached hydrogens (primary N) is 1. The van der Waals surface area contributed by atoms with Crippen molar-refractivity contribution in [1.29, 1.82) is 0 Å². The van der Waals surface area contributed by atoms with Crippen molar-refractivity contribution in [2.75, 3.05) is 6.54 Å². The van der Waals surface area contributed by atoms with Gasteiger partial charge in [0.1, 0.15) is 0 Å². The second-order valence-electron chi connectivity index (χ2n) is 6.13. The first-order valence-corrected chi connectivity index (χ1v) is 7.90. The van der Waals surface area contributed by atoms with Crippen molar-refractivity contribution in [3.8, 4) is 0 Å². The van der Waals surface area contributed by atoms with Gasteiger partial charge in [0.25, 0.3) is 0 Å². The summed E-state index contributed by atoms with van der Waals surface area (Å²) >= 11 is 0. The largest absolute Gasteiger partial charge is 0.323 e. The topological polar surface area (TPSA) is 29.3 Å². The van der Waals surface area contributed by atoms with Gasteiger partial charge in [-0.3, -0.25) is 4.90 Å². The molecule has 1 aliphatic carbocycles. The summed E-state index contributed by atoms with van der Waals surface area (Å²) in [6, 6.07) is 10.3. The van der Waals surface area contributed by atoms with Gasteiger partial charge < -0.3 is 5.73 Å². The van der Waals surface area contributed by atoms with Crippen molar-refractivity contribution in [3.63, 3.8) is 0 Å². The molecule has 2 heteroatoms. The number of hydrogen-bond donors (Lipinski definition) is 1. The zero-order chi connectivity index (χ0) is 13.2. The average molecular weight is 258 g/mol. The highest BCUT2D eigenvalue weighted by molar-refractivity contribution is 5.32. The van der Waals surface area contributed by atoms with Gasteiger partial charge in [0.15, 0.2) is 0 Å². The summed E-state index contributed by atoms with van der Waals surface area (Å²) in [4.78, 5) is 2.72. The number of nitrogens with zero attached hydrogens (tertiary/aromatic N) is 1. The molecule has 3 unspecified atom stereocenters. The molecule has 3 rings (SSSR count). The third-order valence-corrected chi connectivity index (χ3v) is 5.09. The van der Waals surface area contributed by atoms with E-state index >= 15 is 0 Å². The van der Waals surface area contributed by atoms with E-state index in [4.69, 9.17) is 5.73 Å². The van der Waals surface area contributed by atoms with Gasteiger partial charge in [0.05, 0.1) is 0 Å². The van der Waals surface area contributed by atoms with E-state index in [0.29, 0.717) is 6.04 Å². The van der Waals surface area contributed by atoms with Crippen molar-refractivity contribution in [2.24, 2.45) is 5.73 Å². The quantitative estimate of drug-likeness (QED) is 0.825. The predicted octanol–water partition coefficient (Wildman–Crippen LogP) is 3.27. The Morgan fingerprint density at radius 1 is 1.21 bits per heavy atom. The molecule has 104 valence electrons. The van der Waals surface area contributed by atoms with Crippen LogP contribution in [0.4, 0.5) is 0 Å². The number of aryl methyl sites for hydroxylation is 1. The first-order valence-electron chi connectivity index (χ1n) is 7.90. The van der Waals surface area contributed by atoms with Crippen LogP contribution in [0.2, 0.25) is 0 Å². The van der Waals surface area contributed by atoms with Gasteiger partial charge in [-0.25, -0.2) is 0 Å². The zero-order valence-corrected chi connectivity index (χ0v) is 12.0. The molecule has 0 spiro atoms. The maximum absolute atomic E-state index is 6.65. The van der Waals surface area contributed by atoms with Gasteiger partial charge in [-0.1, -0.05) is 31.2 Å². The Kier molecular flexibility index (Phi) is 3.90. The Labute approximate surface area is 117 Å². The number of fused-ring (bicyclic) bond motifs is 1. The van der Waals surface area contributed by atoms with E-state index in [9.17, 15) is 0 Å². The summed E-state index contributed by atoms with van der Waals surface area (Å²) in [7, 11) is 0. The second kappa shape index (κ2) is 5.64. The number of rotatable bonds is 2. The van der Waals surface area contributed by atoms with Crippen LogP contribution in [0.1, 0.15) is 56.2 Å². The van der Waals surface area contributed by atoms with E-state index in [-0.39, 0.29) is 6.04 Å². The molecule has 1 saturated heterocycles. The monoisotopic (exact) mass is 258 g/mol. The predicted molar refractivity (Wildman–Crippen MR) is 80.1 cm³/mol. The second-order valence-corrected chi connectivity index (χ2v) is 6.13. The highest BCUT2D eigenvalue weighted by atomic mass is 15.2. The van der Waals surface area contributed by atoms with E-state index in [1.54, 1.807) is 0 Å². The molecule has 1 aliphatic heterocycles. The lowest BCUT2D eigenvalue weighted by Gasteiger charge is -2.36. The lowest BCUT2D eigenvalue weighted by Crippen LogP contribution is -2.44. The minimum absolute atomic E-state index is 0.200. The van der Waals surface area contributed by atoms with Gasteiger partial charge in [0.2, 0.25) is 0 Å². The third-order valence-electron chi connectivity index (χ3n) is 5.09. The molecular formula is C17H26N2. The molecule has 2 nitrogen and oxygen atoms in total. The fourth-order valence-corrected chi connectivity index (χ4v) is 4.08. The molecule has 1 aromatic carbocycles. The summed E-state index contributed by atoms with van der Waals surface area (Å²) in [6.45, 7) is 3.57. The van der Waals surface area contributed by atoms with Crippen molar-refractivity contribution in [2.45, 2.75) is 63.6 Å². The summed E-state index contributed by atoms with van der Waals surface area (Å²) in [5.74, 6) is 0. The smallest absolute Gasteiger partial charge is 0.0455 e. The van der Waals surface area contributed by atoms with E-state index in [0.717, 1.165) is 6.04 Å². The Balaban J connectivity index is 1.87. The molecule has 0 saturated carbocycles. The van der Waals surface area contributed by atoms with Crippen LogP contribution in [0, 0.1) is 0 Å². The van der Waals surface area contributed by atoms with Crippen LogP contribution >= 0.6 is 0 Å². The molecule has 19 heavy (non-hydrogen) atoms. The van der Waals surface area contributed by atoms with Crippen LogP contribution in [-0.2, 0) is 6.42 Å². The van der Waals surface area contributed by atoms with Crippen molar-refractivity contribution < 1.29 is 0 Å². The van der Waals surface area contributed by atoms with Crippen molar-refractivity contribution in [1.82, 2.24) is 4.90 Å². The molecule has 0 amide bonds. The Morgan fingerprint density at radius 2 is 2.05 bits per heavy atom. The van der Waals surface area contributed by atoms with E-state index in [1.165, 1.54) is 56.2 Å². The molecule has 0 bridgehead atoms. The molecule has 2 aliphatic rings. The molecule has 0 aromatic heterocycles. The van der Waals surface area contributed by atoms with E-state index < -0.39 is 0 Å². The Bertz CT molecular complexity index is 429. The normalized spacial score (nSPS) is 32.0. The number of hydrogen-bond acceptors (Lipinski definition) is 2. The minimum Gasteiger partial charge on any atom is -0.323 e. The average Bonchev–Trinajstić information content (AvgIpc) is 2.85. The number of benzene rings is 1. The van der Waals surface area contributed by atoms with Crippen LogP contribution < -0.4 is 5.73 Å². The Hall–Kier alpha value is -0.860. The summed E-state index contributed by atoms with van der Waals surface area (Å²) in [5, 5.41) is 0. The van der Waals surface area contributed by atoms with Crippen LogP contribution in [0.25, 0.3) is 0 Å². The van der Waals surface area contributed by atoms with E-state index in [2.05, 4.69) is 36.1 Å². The molecule has 0 radical (unpaired) electrons. The lowest BCUT2D eigenvalue weighted by atomic mass is 9.95. The number of likely N-dealkylation sites (tertiary alicyclic amines) is 1. The highest BCUT2D eigenvalue weighted by Crippen LogP contribution is 2.34. The first kappa shape index (κ1) is 13.1. The minimum atomic E-state index is 0.200. The first-order chi connectivity index (χ1) is 9.31. The molecular weight excluding hydrogens is 232 g/mol. The molecule has 1 aromatic rings. The summed E-state index contributed by atoms with van der Waals surface area (Å²) in [5.41, 5.74) is 9.52. The van der Waals surface area contributed by atoms with Crippen molar-refractivity contribution >= 4 is 0 Å². The summed E-state index contributed by atoms with van der Waals surface area (Å²) < 4.78 is 0. The standard InChI is InChI=1S/C17H26N2/c1-2-14-9-6-12-19(14)16-11-5-8-13-7-3-4-10-15(13)17(16)18/h3-4,7,10,14,16-17H,2,5-6,8-9,11-12,18H2,1H3. The van der Waals surface area contributed by atoms with Crippen LogP contribution in [0.3, 0.4) is 0 Å². The fraction of sp³-hybridized carbons (Fsp3) is 0.647. The van der Waals surface area contributed by atoms with E-state index in [1.807, 2.05) is 0 Å². The maximum atomic E-state index is 6.65. The fourth-order valence-electron chi connectivity index (χ4n) is 4.08. The van der Waals surface area contributed by atoms with Gasteiger partial charge in [0, 0.05) is 18.1 Å². The molecule has 1 fully saturated rings. The zero-order valence-electron chi connectivity index (χ0n) is 12.0. The van der Waals surface area contributed by atoms with Crippen molar-refractivity contribution in [3.05, 3.63) is 35.4 Å². The summed E-state index contributed by atoms with van der Waals surface area (Å²) in [6.07, 6.45) is 7.72. The molecule has 1 heterocycles. The molecule has 3 atom stereocenters. The molecule has 2 N–H and O–H groups in total. The van der Waals surface area contributed by atoms with Crippen LogP contribution in [-0.4, -0.2) is 23.5 Å². The van der Waals surface area contributed by atoms with Gasteiger partial charge in [-0.15, -0.1) is 0 Å². The Morgan fingerprint density at radius 3 is 2.89 bits per heavy atom. The third kappa shape index (κ3) is 2.44. The van der Waals surface area contributed by atoms with Crippen LogP contribution in [0.15, 0.2) is 24.3 Å². The highest BCUT2D eigenvalue weighted by Gasteiger charge is 2.35. The van der Waals surface area contributed by atoms with Crippen LogP contribution in [0.5, 0.6) is 0 Å². The van der Waals surface area contributed by atoms with Gasteiger partial charge in [-0.2, -0.15) is 0 Å².